The van der Waals surface area contributed by atoms with Gasteiger partial charge in [0.2, 0.25) is 5.91 Å². The molecule has 156 valence electrons. The van der Waals surface area contributed by atoms with Crippen molar-refractivity contribution in [3.63, 3.8) is 0 Å². The van der Waals surface area contributed by atoms with Gasteiger partial charge >= 0.3 is 0 Å². The van der Waals surface area contributed by atoms with Crippen molar-refractivity contribution in [3.05, 3.63) is 18.2 Å². The summed E-state index contributed by atoms with van der Waals surface area (Å²) in [5.41, 5.74) is 0. The van der Waals surface area contributed by atoms with Gasteiger partial charge in [-0.05, 0) is 39.0 Å². The summed E-state index contributed by atoms with van der Waals surface area (Å²) >= 11 is 0. The summed E-state index contributed by atoms with van der Waals surface area (Å²) < 4.78 is 2.18. The molecule has 0 aromatic carbocycles. The van der Waals surface area contributed by atoms with Crippen molar-refractivity contribution >= 4 is 11.9 Å². The lowest BCUT2D eigenvalue weighted by molar-refractivity contribution is -0.135. The number of aromatic nitrogens is 2. The third-order valence-electron chi connectivity index (χ3n) is 6.06. The Morgan fingerprint density at radius 2 is 2.07 bits per heavy atom. The molecule has 1 aliphatic carbocycles. The van der Waals surface area contributed by atoms with Gasteiger partial charge in [0.05, 0.1) is 0 Å². The minimum absolute atomic E-state index is 0.268. The Morgan fingerprint density at radius 3 is 2.79 bits per heavy atom. The van der Waals surface area contributed by atoms with Crippen molar-refractivity contribution in [3.8, 4) is 0 Å². The average molecular weight is 389 g/mol. The molecule has 2 aliphatic rings. The Kier molecular flexibility index (Phi) is 7.74. The molecule has 3 rings (SSSR count). The lowest BCUT2D eigenvalue weighted by Gasteiger charge is -2.26. The van der Waals surface area contributed by atoms with Crippen molar-refractivity contribution in [2.45, 2.75) is 70.9 Å². The number of carbonyl (C=O) groups is 1. The number of guanidine groups is 1. The van der Waals surface area contributed by atoms with Crippen LogP contribution in [0, 0.1) is 12.8 Å². The summed E-state index contributed by atoms with van der Waals surface area (Å²) in [6.45, 7) is 5.60. The third kappa shape index (κ3) is 5.72. The molecule has 1 aromatic rings. The van der Waals surface area contributed by atoms with Crippen molar-refractivity contribution in [1.82, 2.24) is 25.1 Å². The van der Waals surface area contributed by atoms with E-state index < -0.39 is 0 Å². The van der Waals surface area contributed by atoms with Gasteiger partial charge in [0.1, 0.15) is 5.82 Å². The number of hydrogen-bond acceptors (Lipinski definition) is 3. The zero-order valence-corrected chi connectivity index (χ0v) is 17.5. The topological polar surface area (TPSA) is 74.6 Å². The van der Waals surface area contributed by atoms with E-state index in [4.69, 9.17) is 0 Å². The van der Waals surface area contributed by atoms with Crippen LogP contribution in [-0.4, -0.2) is 59.0 Å². The molecule has 0 bridgehead atoms. The van der Waals surface area contributed by atoms with Crippen LogP contribution in [0.4, 0.5) is 0 Å². The standard InChI is InChI=1S/C21H36N6O/c1-17-23-12-15-26(17)13-7-6-11-24-21(22-2)25-19-10-14-27(16-19)20(28)18-8-4-3-5-9-18/h12,15,18-19H,3-11,13-14,16H2,1-2H3,(H2,22,24,25). The van der Waals surface area contributed by atoms with Crippen LogP contribution in [0.1, 0.15) is 57.2 Å². The number of amides is 1. The second kappa shape index (κ2) is 10.5. The van der Waals surface area contributed by atoms with E-state index in [9.17, 15) is 4.79 Å². The first-order valence-electron chi connectivity index (χ1n) is 10.9. The molecule has 1 amide bonds. The average Bonchev–Trinajstić information content (AvgIpc) is 3.36. The lowest BCUT2D eigenvalue weighted by Crippen LogP contribution is -2.45. The number of likely N-dealkylation sites (tertiary alicyclic amines) is 1. The Labute approximate surface area is 169 Å². The van der Waals surface area contributed by atoms with Crippen molar-refractivity contribution in [1.29, 1.82) is 0 Å². The molecule has 7 heteroatoms. The predicted octanol–water partition coefficient (Wildman–Crippen LogP) is 2.32. The van der Waals surface area contributed by atoms with Crippen molar-refractivity contribution in [2.24, 2.45) is 10.9 Å². The summed E-state index contributed by atoms with van der Waals surface area (Å²) in [6, 6.07) is 0.298. The molecule has 0 radical (unpaired) electrons. The zero-order valence-electron chi connectivity index (χ0n) is 17.5. The van der Waals surface area contributed by atoms with Crippen LogP contribution in [0.25, 0.3) is 0 Å². The lowest BCUT2D eigenvalue weighted by atomic mass is 9.88. The Balaban J connectivity index is 1.33. The van der Waals surface area contributed by atoms with E-state index in [2.05, 4.69) is 30.1 Å². The van der Waals surface area contributed by atoms with Crippen LogP contribution in [-0.2, 0) is 11.3 Å². The fourth-order valence-corrected chi connectivity index (χ4v) is 4.33. The summed E-state index contributed by atoms with van der Waals surface area (Å²) in [4.78, 5) is 23.4. The molecular formula is C21H36N6O. The van der Waals surface area contributed by atoms with E-state index in [1.165, 1.54) is 19.3 Å². The number of imidazole rings is 1. The number of aryl methyl sites for hydroxylation is 2. The smallest absolute Gasteiger partial charge is 0.225 e. The second-order valence-corrected chi connectivity index (χ2v) is 8.12. The first kappa shape index (κ1) is 20.7. The van der Waals surface area contributed by atoms with Crippen LogP contribution in [0.3, 0.4) is 0 Å². The Bertz CT molecular complexity index is 649. The first-order valence-corrected chi connectivity index (χ1v) is 10.9. The van der Waals surface area contributed by atoms with Crippen LogP contribution in [0.15, 0.2) is 17.4 Å². The van der Waals surface area contributed by atoms with E-state index in [-0.39, 0.29) is 5.92 Å². The van der Waals surface area contributed by atoms with E-state index in [1.807, 2.05) is 26.4 Å². The minimum atomic E-state index is 0.268. The highest BCUT2D eigenvalue weighted by Gasteiger charge is 2.31. The summed E-state index contributed by atoms with van der Waals surface area (Å²) in [5, 5.41) is 6.91. The predicted molar refractivity (Wildman–Crippen MR) is 112 cm³/mol. The molecular weight excluding hydrogens is 352 g/mol. The maximum absolute atomic E-state index is 12.7. The molecule has 2 fully saturated rings. The summed E-state index contributed by atoms with van der Waals surface area (Å²) in [5.74, 6) is 2.56. The number of nitrogens with one attached hydrogen (secondary N) is 2. The molecule has 7 nitrogen and oxygen atoms in total. The molecule has 1 saturated heterocycles. The highest BCUT2D eigenvalue weighted by molar-refractivity contribution is 5.81. The summed E-state index contributed by atoms with van der Waals surface area (Å²) in [7, 11) is 1.81. The number of aliphatic imine (C=N–C) groups is 1. The highest BCUT2D eigenvalue weighted by atomic mass is 16.2. The van der Waals surface area contributed by atoms with Gasteiger partial charge in [-0.1, -0.05) is 19.3 Å². The molecule has 1 aromatic heterocycles. The van der Waals surface area contributed by atoms with Gasteiger partial charge in [0.15, 0.2) is 5.96 Å². The molecule has 2 N–H and O–H groups in total. The van der Waals surface area contributed by atoms with Crippen LogP contribution < -0.4 is 10.6 Å². The zero-order chi connectivity index (χ0) is 19.8. The normalized spacial score (nSPS) is 21.1. The van der Waals surface area contributed by atoms with Crippen LogP contribution in [0.5, 0.6) is 0 Å². The van der Waals surface area contributed by atoms with Gasteiger partial charge in [-0.2, -0.15) is 0 Å². The number of hydrogen-bond donors (Lipinski definition) is 2. The first-order chi connectivity index (χ1) is 13.7. The van der Waals surface area contributed by atoms with Gasteiger partial charge in [-0.25, -0.2) is 4.98 Å². The van der Waals surface area contributed by atoms with Crippen molar-refractivity contribution < 1.29 is 4.79 Å². The number of nitrogens with zero attached hydrogens (tertiary/aromatic N) is 4. The maximum atomic E-state index is 12.7. The molecule has 1 unspecified atom stereocenters. The molecule has 2 heterocycles. The van der Waals surface area contributed by atoms with E-state index in [1.54, 1.807) is 0 Å². The van der Waals surface area contributed by atoms with Crippen LogP contribution in [0.2, 0.25) is 0 Å². The monoisotopic (exact) mass is 388 g/mol. The fraction of sp³-hybridized carbons (Fsp3) is 0.762. The molecule has 0 spiro atoms. The second-order valence-electron chi connectivity index (χ2n) is 8.12. The summed E-state index contributed by atoms with van der Waals surface area (Å²) in [6.07, 6.45) is 12.9. The van der Waals surface area contributed by atoms with Crippen LogP contribution >= 0.6 is 0 Å². The van der Waals surface area contributed by atoms with Gasteiger partial charge in [-0.3, -0.25) is 9.79 Å². The molecule has 28 heavy (non-hydrogen) atoms. The Hall–Kier alpha value is -2.05. The number of rotatable bonds is 7. The fourth-order valence-electron chi connectivity index (χ4n) is 4.33. The highest BCUT2D eigenvalue weighted by Crippen LogP contribution is 2.26. The van der Waals surface area contributed by atoms with E-state index >= 15 is 0 Å². The number of unbranched alkanes of at least 4 members (excludes halogenated alkanes) is 1. The Morgan fingerprint density at radius 1 is 1.25 bits per heavy atom. The quantitative estimate of drug-likeness (QED) is 0.427. The van der Waals surface area contributed by atoms with Gasteiger partial charge < -0.3 is 20.1 Å². The molecule has 1 saturated carbocycles. The van der Waals surface area contributed by atoms with Gasteiger partial charge in [0.25, 0.3) is 0 Å². The molecule has 1 atom stereocenters. The minimum Gasteiger partial charge on any atom is -0.356 e. The maximum Gasteiger partial charge on any atom is 0.225 e. The molecule has 1 aliphatic heterocycles. The van der Waals surface area contributed by atoms with Gasteiger partial charge in [-0.15, -0.1) is 0 Å². The van der Waals surface area contributed by atoms with E-state index in [0.29, 0.717) is 11.9 Å². The van der Waals surface area contributed by atoms with Gasteiger partial charge in [0, 0.05) is 57.6 Å². The largest absolute Gasteiger partial charge is 0.356 e. The van der Waals surface area contributed by atoms with E-state index in [0.717, 1.165) is 70.1 Å². The van der Waals surface area contributed by atoms with Crippen molar-refractivity contribution in [2.75, 3.05) is 26.7 Å². The number of carbonyl (C=O) groups excluding carboxylic acids is 1. The third-order valence-corrected chi connectivity index (χ3v) is 6.06. The SMILES string of the molecule is CN=C(NCCCCn1ccnc1C)NC1CCN(C(=O)C2CCCCC2)C1.